The highest BCUT2D eigenvalue weighted by atomic mass is 16.5. The molecule has 0 aliphatic rings. The van der Waals surface area contributed by atoms with Crippen molar-refractivity contribution in [1.29, 1.82) is 0 Å². The number of methoxy groups -OCH3 is 1. The van der Waals surface area contributed by atoms with Crippen LogP contribution >= 0.6 is 0 Å². The van der Waals surface area contributed by atoms with Crippen LogP contribution in [0.4, 0.5) is 4.79 Å². The number of nitrogens with zero attached hydrogens (tertiary/aromatic N) is 1. The number of aromatic amines is 1. The average Bonchev–Trinajstić information content (AvgIpc) is 2.77. The third-order valence-electron chi connectivity index (χ3n) is 2.32. The fraction of sp³-hybridized carbons (Fsp3) is 0.0909. The minimum absolute atomic E-state index is 0.673. The van der Waals surface area contributed by atoms with Crippen LogP contribution in [0.3, 0.4) is 0 Å². The summed E-state index contributed by atoms with van der Waals surface area (Å²) in [5.41, 5.74) is 8.81. The van der Waals surface area contributed by atoms with Crippen LogP contribution in [0.15, 0.2) is 29.5 Å². The molecule has 1 aromatic heterocycles. The van der Waals surface area contributed by atoms with Crippen molar-refractivity contribution in [1.82, 2.24) is 10.4 Å². The van der Waals surface area contributed by atoms with E-state index in [4.69, 9.17) is 10.5 Å². The molecule has 0 unspecified atom stereocenters. The standard InChI is InChI=1S/C11H12N4O2/c1-17-10-3-2-9-7(4-5-13-9)8(10)6-14-15-11(12)16/h2-6,13H,1H3,(H3,12,15,16). The number of rotatable bonds is 3. The highest BCUT2D eigenvalue weighted by molar-refractivity contribution is 6.01. The van der Waals surface area contributed by atoms with E-state index in [0.717, 1.165) is 16.5 Å². The van der Waals surface area contributed by atoms with Gasteiger partial charge in [-0.15, -0.1) is 0 Å². The second-order valence-corrected chi connectivity index (χ2v) is 3.35. The second-order valence-electron chi connectivity index (χ2n) is 3.35. The van der Waals surface area contributed by atoms with Gasteiger partial charge in [-0.25, -0.2) is 10.2 Å². The number of carbonyl (C=O) groups is 1. The Balaban J connectivity index is 2.44. The molecular weight excluding hydrogens is 220 g/mol. The minimum atomic E-state index is -0.707. The molecule has 2 rings (SSSR count). The number of nitrogens with one attached hydrogen (secondary N) is 2. The average molecular weight is 232 g/mol. The maximum Gasteiger partial charge on any atom is 0.332 e. The molecule has 0 radical (unpaired) electrons. The van der Waals surface area contributed by atoms with E-state index < -0.39 is 6.03 Å². The predicted octanol–water partition coefficient (Wildman–Crippen LogP) is 1.18. The maximum absolute atomic E-state index is 10.5. The Morgan fingerprint density at radius 3 is 3.06 bits per heavy atom. The number of hydrogen-bond donors (Lipinski definition) is 3. The van der Waals surface area contributed by atoms with Crippen molar-refractivity contribution in [2.45, 2.75) is 0 Å². The Kier molecular flexibility index (Phi) is 2.95. The Morgan fingerprint density at radius 1 is 1.53 bits per heavy atom. The van der Waals surface area contributed by atoms with Gasteiger partial charge in [-0.2, -0.15) is 5.10 Å². The lowest BCUT2D eigenvalue weighted by atomic mass is 10.1. The van der Waals surface area contributed by atoms with Crippen molar-refractivity contribution in [3.05, 3.63) is 30.0 Å². The molecule has 17 heavy (non-hydrogen) atoms. The first-order chi connectivity index (χ1) is 8.22. The monoisotopic (exact) mass is 232 g/mol. The first-order valence-corrected chi connectivity index (χ1v) is 4.95. The van der Waals surface area contributed by atoms with Crippen molar-refractivity contribution >= 4 is 23.1 Å². The van der Waals surface area contributed by atoms with Gasteiger partial charge < -0.3 is 15.5 Å². The Hall–Kier alpha value is -2.50. The molecule has 0 spiro atoms. The molecule has 0 saturated carbocycles. The molecule has 0 bridgehead atoms. The van der Waals surface area contributed by atoms with Gasteiger partial charge in [0.15, 0.2) is 0 Å². The van der Waals surface area contributed by atoms with Gasteiger partial charge in [-0.1, -0.05) is 0 Å². The zero-order chi connectivity index (χ0) is 12.3. The summed E-state index contributed by atoms with van der Waals surface area (Å²) in [5.74, 6) is 0.673. The van der Waals surface area contributed by atoms with Crippen LogP contribution in [0.2, 0.25) is 0 Å². The molecule has 6 nitrogen and oxygen atoms in total. The van der Waals surface area contributed by atoms with Crippen LogP contribution in [0, 0.1) is 0 Å². The summed E-state index contributed by atoms with van der Waals surface area (Å²) in [4.78, 5) is 13.6. The summed E-state index contributed by atoms with van der Waals surface area (Å²) in [6.45, 7) is 0. The number of benzene rings is 1. The quantitative estimate of drug-likeness (QED) is 0.547. The zero-order valence-corrected chi connectivity index (χ0v) is 9.23. The zero-order valence-electron chi connectivity index (χ0n) is 9.23. The molecule has 88 valence electrons. The molecule has 2 amide bonds. The van der Waals surface area contributed by atoms with Gasteiger partial charge in [0, 0.05) is 22.7 Å². The van der Waals surface area contributed by atoms with E-state index in [0.29, 0.717) is 5.75 Å². The Labute approximate surface area is 97.4 Å². The van der Waals surface area contributed by atoms with E-state index in [1.165, 1.54) is 6.21 Å². The van der Waals surface area contributed by atoms with Crippen LogP contribution in [0.1, 0.15) is 5.56 Å². The Bertz CT molecular complexity index is 574. The lowest BCUT2D eigenvalue weighted by Gasteiger charge is -2.05. The molecule has 0 aliphatic carbocycles. The van der Waals surface area contributed by atoms with E-state index in [9.17, 15) is 4.79 Å². The highest BCUT2D eigenvalue weighted by Crippen LogP contribution is 2.25. The molecule has 1 aromatic carbocycles. The van der Waals surface area contributed by atoms with E-state index in [1.54, 1.807) is 7.11 Å². The number of primary amides is 1. The smallest absolute Gasteiger partial charge is 0.332 e. The summed E-state index contributed by atoms with van der Waals surface area (Å²) in [7, 11) is 1.58. The van der Waals surface area contributed by atoms with Gasteiger partial charge in [0.25, 0.3) is 0 Å². The van der Waals surface area contributed by atoms with Crippen molar-refractivity contribution in [3.8, 4) is 5.75 Å². The van der Waals surface area contributed by atoms with E-state index >= 15 is 0 Å². The normalized spacial score (nSPS) is 10.9. The number of urea groups is 1. The molecule has 0 atom stereocenters. The fourth-order valence-electron chi connectivity index (χ4n) is 1.61. The van der Waals surface area contributed by atoms with Crippen LogP contribution in [-0.2, 0) is 0 Å². The number of ether oxygens (including phenoxy) is 1. The second kappa shape index (κ2) is 4.56. The summed E-state index contributed by atoms with van der Waals surface area (Å²) < 4.78 is 5.23. The van der Waals surface area contributed by atoms with Gasteiger partial charge in [0.1, 0.15) is 5.75 Å². The highest BCUT2D eigenvalue weighted by Gasteiger charge is 2.06. The van der Waals surface area contributed by atoms with Gasteiger partial charge in [-0.05, 0) is 18.2 Å². The SMILES string of the molecule is COc1ccc2[nH]ccc2c1C=NNC(N)=O. The minimum Gasteiger partial charge on any atom is -0.496 e. The molecule has 0 fully saturated rings. The van der Waals surface area contributed by atoms with E-state index in [1.807, 2.05) is 24.4 Å². The van der Waals surface area contributed by atoms with Gasteiger partial charge in [-0.3, -0.25) is 0 Å². The number of hydrogen-bond acceptors (Lipinski definition) is 3. The van der Waals surface area contributed by atoms with E-state index in [-0.39, 0.29) is 0 Å². The number of hydrazone groups is 1. The summed E-state index contributed by atoms with van der Waals surface area (Å²) >= 11 is 0. The third kappa shape index (κ3) is 2.20. The van der Waals surface area contributed by atoms with Crippen LogP contribution < -0.4 is 15.9 Å². The lowest BCUT2D eigenvalue weighted by molar-refractivity contribution is 0.249. The molecular formula is C11H12N4O2. The van der Waals surface area contributed by atoms with Crippen LogP contribution in [-0.4, -0.2) is 24.3 Å². The Morgan fingerprint density at radius 2 is 2.35 bits per heavy atom. The lowest BCUT2D eigenvalue weighted by Crippen LogP contribution is -2.24. The first-order valence-electron chi connectivity index (χ1n) is 4.95. The van der Waals surface area contributed by atoms with Crippen molar-refractivity contribution in [2.24, 2.45) is 10.8 Å². The van der Waals surface area contributed by atoms with Gasteiger partial charge in [0.05, 0.1) is 13.3 Å². The number of carbonyl (C=O) groups excluding carboxylic acids is 1. The number of nitrogens with two attached hydrogens (primary N) is 1. The third-order valence-corrected chi connectivity index (χ3v) is 2.32. The molecule has 4 N–H and O–H groups in total. The fourth-order valence-corrected chi connectivity index (χ4v) is 1.61. The van der Waals surface area contributed by atoms with E-state index in [2.05, 4.69) is 15.5 Å². The summed E-state index contributed by atoms with van der Waals surface area (Å²) in [6, 6.07) is 4.93. The van der Waals surface area contributed by atoms with Gasteiger partial charge in [0.2, 0.25) is 0 Å². The molecule has 0 aliphatic heterocycles. The first kappa shape index (κ1) is 11.0. The summed E-state index contributed by atoms with van der Waals surface area (Å²) in [6.07, 6.45) is 3.32. The van der Waals surface area contributed by atoms with Gasteiger partial charge >= 0.3 is 6.03 Å². The predicted molar refractivity (Wildman–Crippen MR) is 65.2 cm³/mol. The maximum atomic E-state index is 10.5. The van der Waals surface area contributed by atoms with Crippen molar-refractivity contribution < 1.29 is 9.53 Å². The van der Waals surface area contributed by atoms with Crippen LogP contribution in [0.5, 0.6) is 5.75 Å². The van der Waals surface area contributed by atoms with Crippen LogP contribution in [0.25, 0.3) is 10.9 Å². The number of aromatic nitrogens is 1. The van der Waals surface area contributed by atoms with Crippen molar-refractivity contribution in [2.75, 3.05) is 7.11 Å². The number of fused-ring (bicyclic) bond motifs is 1. The largest absolute Gasteiger partial charge is 0.496 e. The molecule has 0 saturated heterocycles. The number of amides is 2. The van der Waals surface area contributed by atoms with Crippen molar-refractivity contribution in [3.63, 3.8) is 0 Å². The number of H-pyrrole nitrogens is 1. The molecule has 1 heterocycles. The molecule has 2 aromatic rings. The summed E-state index contributed by atoms with van der Waals surface area (Å²) in [5, 5.41) is 4.69. The molecule has 6 heteroatoms. The topological polar surface area (TPSA) is 92.5 Å².